The third kappa shape index (κ3) is 4.18. The minimum Gasteiger partial charge on any atom is -0.479 e. The second kappa shape index (κ2) is 7.21. The van der Waals surface area contributed by atoms with Crippen molar-refractivity contribution < 1.29 is 33.4 Å². The fourth-order valence-electron chi connectivity index (χ4n) is 2.37. The molecule has 0 aromatic carbocycles. The van der Waals surface area contributed by atoms with Gasteiger partial charge in [0.25, 0.3) is 0 Å². The van der Waals surface area contributed by atoms with E-state index in [1.54, 1.807) is 0 Å². The number of hydrogen-bond acceptors (Lipinski definition) is 5. The highest BCUT2D eigenvalue weighted by molar-refractivity contribution is 5.79. The number of hydrogen-bond donors (Lipinski definition) is 1. The van der Waals surface area contributed by atoms with Crippen LogP contribution < -0.4 is 0 Å². The van der Waals surface area contributed by atoms with Crippen LogP contribution in [-0.4, -0.2) is 41.9 Å². The Bertz CT molecular complexity index is 375. The summed E-state index contributed by atoms with van der Waals surface area (Å²) in [5, 5.41) is 8.83. The van der Waals surface area contributed by atoms with Gasteiger partial charge in [-0.1, -0.05) is 6.42 Å². The van der Waals surface area contributed by atoms with Gasteiger partial charge in [0.2, 0.25) is 6.17 Å². The Morgan fingerprint density at radius 1 is 1.15 bits per heavy atom. The van der Waals surface area contributed by atoms with Crippen LogP contribution in [0.2, 0.25) is 0 Å². The number of alkyl halides is 1. The monoisotopic (exact) mass is 290 g/mol. The number of rotatable bonds is 6. The molecule has 0 aromatic rings. The molecule has 1 atom stereocenters. The molecule has 1 rings (SSSR count). The summed E-state index contributed by atoms with van der Waals surface area (Å²) in [6.45, 7) is 0. The average Bonchev–Trinajstić information content (AvgIpc) is 2.44. The molecule has 0 amide bonds. The van der Waals surface area contributed by atoms with E-state index in [9.17, 15) is 18.8 Å². The second-order valence-electron chi connectivity index (χ2n) is 4.88. The molecule has 114 valence electrons. The van der Waals surface area contributed by atoms with E-state index in [4.69, 9.17) is 9.84 Å². The van der Waals surface area contributed by atoms with E-state index in [1.165, 1.54) is 7.11 Å². The maximum atomic E-state index is 13.9. The van der Waals surface area contributed by atoms with Crippen LogP contribution in [0.5, 0.6) is 0 Å². The second-order valence-corrected chi connectivity index (χ2v) is 4.88. The third-order valence-corrected chi connectivity index (χ3v) is 3.46. The lowest BCUT2D eigenvalue weighted by atomic mass is 9.81. The van der Waals surface area contributed by atoms with Crippen LogP contribution in [0.4, 0.5) is 4.39 Å². The van der Waals surface area contributed by atoms with Gasteiger partial charge in [-0.2, -0.15) is 0 Å². The van der Waals surface area contributed by atoms with Crippen LogP contribution in [0.1, 0.15) is 44.9 Å². The molecule has 0 spiro atoms. The van der Waals surface area contributed by atoms with Gasteiger partial charge < -0.3 is 14.6 Å². The average molecular weight is 290 g/mol. The maximum absolute atomic E-state index is 13.9. The van der Waals surface area contributed by atoms with Gasteiger partial charge in [-0.15, -0.1) is 0 Å². The SMILES string of the molecule is COC(=O)CCC(=O)OC1(C(F)C(=O)O)CCCCC1. The van der Waals surface area contributed by atoms with E-state index in [1.807, 2.05) is 0 Å². The number of ether oxygens (including phenoxy) is 2. The van der Waals surface area contributed by atoms with Gasteiger partial charge in [-0.3, -0.25) is 9.59 Å². The summed E-state index contributed by atoms with van der Waals surface area (Å²) in [4.78, 5) is 33.5. The molecular weight excluding hydrogens is 271 g/mol. The van der Waals surface area contributed by atoms with Crippen molar-refractivity contribution in [2.75, 3.05) is 7.11 Å². The van der Waals surface area contributed by atoms with Crippen LogP contribution in [-0.2, 0) is 23.9 Å². The normalized spacial score (nSPS) is 18.9. The number of methoxy groups -OCH3 is 1. The molecule has 1 aliphatic carbocycles. The number of carbonyl (C=O) groups is 3. The number of halogens is 1. The number of carbonyl (C=O) groups excluding carboxylic acids is 2. The van der Waals surface area contributed by atoms with Crippen molar-refractivity contribution >= 4 is 17.9 Å². The van der Waals surface area contributed by atoms with Gasteiger partial charge in [-0.25, -0.2) is 9.18 Å². The predicted molar refractivity (Wildman–Crippen MR) is 65.7 cm³/mol. The first-order valence-corrected chi connectivity index (χ1v) is 6.57. The Kier molecular flexibility index (Phi) is 5.91. The molecular formula is C13H19FO6. The summed E-state index contributed by atoms with van der Waals surface area (Å²) >= 11 is 0. The maximum Gasteiger partial charge on any atom is 0.342 e. The van der Waals surface area contributed by atoms with E-state index < -0.39 is 29.7 Å². The van der Waals surface area contributed by atoms with Crippen molar-refractivity contribution in [1.29, 1.82) is 0 Å². The molecule has 1 unspecified atom stereocenters. The Morgan fingerprint density at radius 2 is 1.70 bits per heavy atom. The molecule has 1 fully saturated rings. The van der Waals surface area contributed by atoms with E-state index in [-0.39, 0.29) is 25.7 Å². The first-order chi connectivity index (χ1) is 9.41. The van der Waals surface area contributed by atoms with Crippen LogP contribution in [0, 0.1) is 0 Å². The van der Waals surface area contributed by atoms with Gasteiger partial charge in [0.05, 0.1) is 20.0 Å². The van der Waals surface area contributed by atoms with Crippen molar-refractivity contribution in [2.24, 2.45) is 0 Å². The standard InChI is InChI=1S/C13H19FO6/c1-19-9(15)5-6-10(16)20-13(11(14)12(17)18)7-3-2-4-8-13/h11H,2-8H2,1H3,(H,17,18). The van der Waals surface area contributed by atoms with Crippen LogP contribution >= 0.6 is 0 Å². The van der Waals surface area contributed by atoms with E-state index in [0.717, 1.165) is 6.42 Å². The topological polar surface area (TPSA) is 89.9 Å². The first-order valence-electron chi connectivity index (χ1n) is 6.57. The minimum atomic E-state index is -2.25. The summed E-state index contributed by atoms with van der Waals surface area (Å²) in [5.41, 5.74) is -1.60. The van der Waals surface area contributed by atoms with Crippen molar-refractivity contribution in [1.82, 2.24) is 0 Å². The van der Waals surface area contributed by atoms with Crippen molar-refractivity contribution in [3.8, 4) is 0 Å². The molecule has 1 saturated carbocycles. The molecule has 0 aromatic heterocycles. The molecule has 0 heterocycles. The van der Waals surface area contributed by atoms with Crippen LogP contribution in [0.3, 0.4) is 0 Å². The quantitative estimate of drug-likeness (QED) is 0.747. The van der Waals surface area contributed by atoms with Crippen LogP contribution in [0.15, 0.2) is 0 Å². The van der Waals surface area contributed by atoms with Crippen LogP contribution in [0.25, 0.3) is 0 Å². The summed E-state index contributed by atoms with van der Waals surface area (Å²) in [6, 6.07) is 0. The highest BCUT2D eigenvalue weighted by atomic mass is 19.1. The zero-order chi connectivity index (χ0) is 15.2. The largest absolute Gasteiger partial charge is 0.479 e. The Morgan fingerprint density at radius 3 is 2.20 bits per heavy atom. The van der Waals surface area contributed by atoms with Crippen molar-refractivity contribution in [2.45, 2.75) is 56.7 Å². The van der Waals surface area contributed by atoms with Crippen molar-refractivity contribution in [3.63, 3.8) is 0 Å². The fourth-order valence-corrected chi connectivity index (χ4v) is 2.37. The number of aliphatic carboxylic acids is 1. The smallest absolute Gasteiger partial charge is 0.342 e. The van der Waals surface area contributed by atoms with E-state index >= 15 is 0 Å². The molecule has 6 nitrogen and oxygen atoms in total. The predicted octanol–water partition coefficient (Wildman–Crippen LogP) is 1.61. The Labute approximate surface area is 116 Å². The zero-order valence-electron chi connectivity index (χ0n) is 11.4. The number of carboxylic acids is 1. The summed E-state index contributed by atoms with van der Waals surface area (Å²) < 4.78 is 23.4. The molecule has 0 aliphatic heterocycles. The molecule has 20 heavy (non-hydrogen) atoms. The van der Waals surface area contributed by atoms with E-state index in [2.05, 4.69) is 4.74 Å². The number of carboxylic acid groups (broad SMARTS) is 1. The summed E-state index contributed by atoms with van der Waals surface area (Å²) in [5.74, 6) is -2.98. The molecule has 0 saturated heterocycles. The van der Waals surface area contributed by atoms with Gasteiger partial charge >= 0.3 is 17.9 Å². The molecule has 0 bridgehead atoms. The summed E-state index contributed by atoms with van der Waals surface area (Å²) in [7, 11) is 1.19. The van der Waals surface area contributed by atoms with Gasteiger partial charge in [0.1, 0.15) is 0 Å². The fraction of sp³-hybridized carbons (Fsp3) is 0.769. The zero-order valence-corrected chi connectivity index (χ0v) is 11.4. The third-order valence-electron chi connectivity index (χ3n) is 3.46. The molecule has 1 N–H and O–H groups in total. The Balaban J connectivity index is 2.67. The lowest BCUT2D eigenvalue weighted by molar-refractivity contribution is -0.181. The molecule has 0 radical (unpaired) electrons. The van der Waals surface area contributed by atoms with Gasteiger partial charge in [-0.05, 0) is 25.7 Å². The lowest BCUT2D eigenvalue weighted by Crippen LogP contribution is -2.49. The molecule has 1 aliphatic rings. The van der Waals surface area contributed by atoms with Crippen molar-refractivity contribution in [3.05, 3.63) is 0 Å². The minimum absolute atomic E-state index is 0.171. The molecule has 7 heteroatoms. The van der Waals surface area contributed by atoms with Gasteiger partial charge in [0.15, 0.2) is 5.60 Å². The van der Waals surface area contributed by atoms with E-state index in [0.29, 0.717) is 12.8 Å². The number of esters is 2. The highest BCUT2D eigenvalue weighted by Crippen LogP contribution is 2.36. The summed E-state index contributed by atoms with van der Waals surface area (Å²) in [6.07, 6.45) is -0.223. The highest BCUT2D eigenvalue weighted by Gasteiger charge is 2.48. The Hall–Kier alpha value is -1.66. The first kappa shape index (κ1) is 16.4. The lowest BCUT2D eigenvalue weighted by Gasteiger charge is -2.37. The van der Waals surface area contributed by atoms with Gasteiger partial charge in [0, 0.05) is 0 Å².